The van der Waals surface area contributed by atoms with Gasteiger partial charge in [-0.2, -0.15) is 0 Å². The summed E-state index contributed by atoms with van der Waals surface area (Å²) in [6, 6.07) is 11.6. The third-order valence-electron chi connectivity index (χ3n) is 3.15. The summed E-state index contributed by atoms with van der Waals surface area (Å²) in [4.78, 5) is 20.3. The molecule has 1 aliphatic carbocycles. The van der Waals surface area contributed by atoms with Crippen molar-refractivity contribution in [1.29, 1.82) is 0 Å². The van der Waals surface area contributed by atoms with Gasteiger partial charge < -0.3 is 16.4 Å². The fourth-order valence-electron chi connectivity index (χ4n) is 1.95. The van der Waals surface area contributed by atoms with Crippen molar-refractivity contribution < 1.29 is 4.79 Å². The second-order valence-electron chi connectivity index (χ2n) is 5.06. The minimum atomic E-state index is -0.0315. The van der Waals surface area contributed by atoms with E-state index in [-0.39, 0.29) is 12.5 Å². The zero-order chi connectivity index (χ0) is 14.7. The van der Waals surface area contributed by atoms with Crippen molar-refractivity contribution in [2.75, 3.05) is 17.6 Å². The minimum Gasteiger partial charge on any atom is -0.384 e. The molecule has 0 unspecified atom stereocenters. The zero-order valence-corrected chi connectivity index (χ0v) is 11.5. The summed E-state index contributed by atoms with van der Waals surface area (Å²) in [5.41, 5.74) is 6.69. The van der Waals surface area contributed by atoms with Crippen LogP contribution in [0, 0.1) is 0 Å². The molecule has 2 aromatic rings. The largest absolute Gasteiger partial charge is 0.384 e. The molecular formula is C15H17N5O. The number of nitrogens with one attached hydrogen (secondary N) is 2. The molecule has 0 spiro atoms. The summed E-state index contributed by atoms with van der Waals surface area (Å²) in [5, 5.41) is 5.89. The average molecular weight is 283 g/mol. The first kappa shape index (κ1) is 13.4. The Hall–Kier alpha value is -2.63. The highest BCUT2D eigenvalue weighted by atomic mass is 16.2. The number of hydrogen-bond acceptors (Lipinski definition) is 5. The Morgan fingerprint density at radius 3 is 2.71 bits per heavy atom. The van der Waals surface area contributed by atoms with Gasteiger partial charge in [0.2, 0.25) is 5.91 Å². The number of amides is 1. The van der Waals surface area contributed by atoms with Crippen LogP contribution in [-0.4, -0.2) is 28.5 Å². The van der Waals surface area contributed by atoms with Gasteiger partial charge in [0, 0.05) is 17.7 Å². The molecule has 1 aromatic heterocycles. The van der Waals surface area contributed by atoms with Crippen LogP contribution in [0.5, 0.6) is 0 Å². The van der Waals surface area contributed by atoms with Crippen LogP contribution in [0.4, 0.5) is 11.6 Å². The van der Waals surface area contributed by atoms with Crippen LogP contribution in [0.25, 0.3) is 11.4 Å². The average Bonchev–Trinajstić information content (AvgIpc) is 3.29. The van der Waals surface area contributed by atoms with E-state index in [0.29, 0.717) is 23.5 Å². The van der Waals surface area contributed by atoms with Gasteiger partial charge in [-0.15, -0.1) is 0 Å². The highest BCUT2D eigenvalue weighted by Gasteiger charge is 2.22. The number of nitrogens with zero attached hydrogens (tertiary/aromatic N) is 2. The lowest BCUT2D eigenvalue weighted by atomic mass is 10.2. The van der Waals surface area contributed by atoms with E-state index in [2.05, 4.69) is 20.6 Å². The quantitative estimate of drug-likeness (QED) is 0.771. The van der Waals surface area contributed by atoms with Crippen LogP contribution in [-0.2, 0) is 4.79 Å². The first-order chi connectivity index (χ1) is 10.2. The Kier molecular flexibility index (Phi) is 3.68. The molecule has 0 aliphatic heterocycles. The fraction of sp³-hybridized carbons (Fsp3) is 0.267. The Morgan fingerprint density at radius 2 is 2.00 bits per heavy atom. The molecular weight excluding hydrogens is 266 g/mol. The molecule has 108 valence electrons. The maximum Gasteiger partial charge on any atom is 0.239 e. The molecule has 1 aromatic carbocycles. The number of rotatable bonds is 5. The monoisotopic (exact) mass is 283 g/mol. The van der Waals surface area contributed by atoms with Crippen molar-refractivity contribution in [3.63, 3.8) is 0 Å². The number of carbonyl (C=O) groups is 1. The molecule has 1 saturated carbocycles. The first-order valence-electron chi connectivity index (χ1n) is 6.94. The molecule has 1 heterocycles. The molecule has 0 saturated heterocycles. The first-order valence-corrected chi connectivity index (χ1v) is 6.94. The molecule has 6 heteroatoms. The van der Waals surface area contributed by atoms with E-state index >= 15 is 0 Å². The molecule has 21 heavy (non-hydrogen) atoms. The van der Waals surface area contributed by atoms with Crippen molar-refractivity contribution in [3.8, 4) is 11.4 Å². The van der Waals surface area contributed by atoms with E-state index in [9.17, 15) is 4.79 Å². The van der Waals surface area contributed by atoms with Crippen molar-refractivity contribution in [3.05, 3.63) is 36.4 Å². The maximum atomic E-state index is 11.7. The second kappa shape index (κ2) is 5.78. The maximum absolute atomic E-state index is 11.7. The Balaban J connectivity index is 1.70. The van der Waals surface area contributed by atoms with E-state index in [0.717, 1.165) is 18.4 Å². The van der Waals surface area contributed by atoms with Crippen molar-refractivity contribution in [1.82, 2.24) is 15.3 Å². The van der Waals surface area contributed by atoms with Gasteiger partial charge in [-0.1, -0.05) is 30.3 Å². The highest BCUT2D eigenvalue weighted by molar-refractivity contribution is 5.81. The van der Waals surface area contributed by atoms with Gasteiger partial charge in [-0.3, -0.25) is 4.79 Å². The molecule has 1 amide bonds. The highest BCUT2D eigenvalue weighted by Crippen LogP contribution is 2.19. The number of carbonyl (C=O) groups excluding carboxylic acids is 1. The number of nitrogens with two attached hydrogens (primary N) is 1. The van der Waals surface area contributed by atoms with E-state index in [1.54, 1.807) is 6.07 Å². The van der Waals surface area contributed by atoms with Crippen molar-refractivity contribution >= 4 is 17.5 Å². The molecule has 1 aliphatic rings. The number of benzene rings is 1. The SMILES string of the molecule is Nc1cc(NCC(=O)NC2CC2)nc(-c2ccccc2)n1. The van der Waals surface area contributed by atoms with Gasteiger partial charge in [0.25, 0.3) is 0 Å². The van der Waals surface area contributed by atoms with Gasteiger partial charge in [-0.05, 0) is 12.8 Å². The summed E-state index contributed by atoms with van der Waals surface area (Å²) in [6.07, 6.45) is 2.15. The predicted molar refractivity (Wildman–Crippen MR) is 81.5 cm³/mol. The molecule has 3 rings (SSSR count). The number of nitrogen functional groups attached to an aromatic ring is 1. The molecule has 0 bridgehead atoms. The summed E-state index contributed by atoms with van der Waals surface area (Å²) < 4.78 is 0. The molecule has 0 atom stereocenters. The lowest BCUT2D eigenvalue weighted by Crippen LogP contribution is -2.31. The second-order valence-corrected chi connectivity index (χ2v) is 5.06. The topological polar surface area (TPSA) is 92.9 Å². The zero-order valence-electron chi connectivity index (χ0n) is 11.5. The minimum absolute atomic E-state index is 0.0315. The Morgan fingerprint density at radius 1 is 1.24 bits per heavy atom. The van der Waals surface area contributed by atoms with E-state index in [4.69, 9.17) is 5.73 Å². The van der Waals surface area contributed by atoms with Gasteiger partial charge in [0.15, 0.2) is 5.82 Å². The number of hydrogen-bond donors (Lipinski definition) is 3. The predicted octanol–water partition coefficient (Wildman–Crippen LogP) is 1.42. The lowest BCUT2D eigenvalue weighted by Gasteiger charge is -2.08. The van der Waals surface area contributed by atoms with Crippen LogP contribution >= 0.6 is 0 Å². The van der Waals surface area contributed by atoms with Crippen LogP contribution in [0.15, 0.2) is 36.4 Å². The van der Waals surface area contributed by atoms with Gasteiger partial charge >= 0.3 is 0 Å². The lowest BCUT2D eigenvalue weighted by molar-refractivity contribution is -0.119. The third kappa shape index (κ3) is 3.68. The Bertz CT molecular complexity index is 640. The fourth-order valence-corrected chi connectivity index (χ4v) is 1.95. The van der Waals surface area contributed by atoms with Crippen LogP contribution in [0.1, 0.15) is 12.8 Å². The van der Waals surface area contributed by atoms with Gasteiger partial charge in [0.05, 0.1) is 6.54 Å². The Labute approximate surface area is 122 Å². The van der Waals surface area contributed by atoms with Crippen LogP contribution in [0.3, 0.4) is 0 Å². The molecule has 4 N–H and O–H groups in total. The van der Waals surface area contributed by atoms with Gasteiger partial charge in [-0.25, -0.2) is 9.97 Å². The van der Waals surface area contributed by atoms with Crippen LogP contribution in [0.2, 0.25) is 0 Å². The standard InChI is InChI=1S/C15H17N5O/c16-12-8-13(17-9-14(21)18-11-6-7-11)20-15(19-12)10-4-2-1-3-5-10/h1-5,8,11H,6-7,9H2,(H,18,21)(H3,16,17,19,20). The summed E-state index contributed by atoms with van der Waals surface area (Å²) >= 11 is 0. The van der Waals surface area contributed by atoms with Crippen LogP contribution < -0.4 is 16.4 Å². The van der Waals surface area contributed by atoms with Crippen molar-refractivity contribution in [2.24, 2.45) is 0 Å². The molecule has 6 nitrogen and oxygen atoms in total. The number of anilines is 2. The van der Waals surface area contributed by atoms with Crippen molar-refractivity contribution in [2.45, 2.75) is 18.9 Å². The third-order valence-corrected chi connectivity index (χ3v) is 3.15. The molecule has 1 fully saturated rings. The smallest absolute Gasteiger partial charge is 0.239 e. The summed E-state index contributed by atoms with van der Waals surface area (Å²) in [6.45, 7) is 0.182. The van der Waals surface area contributed by atoms with E-state index < -0.39 is 0 Å². The summed E-state index contributed by atoms with van der Waals surface area (Å²) in [7, 11) is 0. The normalized spacial score (nSPS) is 13.7. The molecule has 0 radical (unpaired) electrons. The van der Waals surface area contributed by atoms with E-state index in [1.807, 2.05) is 30.3 Å². The van der Waals surface area contributed by atoms with Gasteiger partial charge in [0.1, 0.15) is 11.6 Å². The number of aromatic nitrogens is 2. The summed E-state index contributed by atoms with van der Waals surface area (Å²) in [5.74, 6) is 1.43. The van der Waals surface area contributed by atoms with E-state index in [1.165, 1.54) is 0 Å².